The standard InChI is InChI=1S/C34H34/c1-7-25-19-29-30-20-26(8-2)24(6)18-32(30)34(28-15-11-22(4)12-16-28)33(31(29)17-23(25)5)27-13-9-21(3)10-14-27/h9-20H,7-8H2,1-6H3. The van der Waals surface area contributed by atoms with Crippen molar-refractivity contribution in [3.63, 3.8) is 0 Å². The van der Waals surface area contributed by atoms with E-state index in [1.54, 1.807) is 0 Å². The normalized spacial score (nSPS) is 11.5. The molecule has 0 saturated carbocycles. The first kappa shape index (κ1) is 22.4. The Kier molecular flexibility index (Phi) is 5.78. The Hall–Kier alpha value is -3.38. The van der Waals surface area contributed by atoms with Crippen molar-refractivity contribution in [3.05, 3.63) is 106 Å². The summed E-state index contributed by atoms with van der Waals surface area (Å²) in [5.41, 5.74) is 13.5. The lowest BCUT2D eigenvalue weighted by molar-refractivity contribution is 1.11. The first-order valence-electron chi connectivity index (χ1n) is 12.6. The van der Waals surface area contributed by atoms with Crippen LogP contribution in [0.15, 0.2) is 72.8 Å². The summed E-state index contributed by atoms with van der Waals surface area (Å²) in [6, 6.07) is 27.9. The van der Waals surface area contributed by atoms with Gasteiger partial charge in [0.15, 0.2) is 0 Å². The average Bonchev–Trinajstić information content (AvgIpc) is 2.84. The summed E-state index contributed by atoms with van der Waals surface area (Å²) in [5.74, 6) is 0. The van der Waals surface area contributed by atoms with Gasteiger partial charge in [-0.25, -0.2) is 0 Å². The van der Waals surface area contributed by atoms with Crippen LogP contribution in [0.5, 0.6) is 0 Å². The molecule has 0 spiro atoms. The fourth-order valence-corrected chi connectivity index (χ4v) is 5.44. The zero-order valence-electron chi connectivity index (χ0n) is 21.3. The molecule has 0 bridgehead atoms. The van der Waals surface area contributed by atoms with E-state index < -0.39 is 0 Å². The molecule has 170 valence electrons. The quantitative estimate of drug-likeness (QED) is 0.243. The van der Waals surface area contributed by atoms with Gasteiger partial charge in [-0.3, -0.25) is 0 Å². The summed E-state index contributed by atoms with van der Waals surface area (Å²) in [4.78, 5) is 0. The summed E-state index contributed by atoms with van der Waals surface area (Å²) in [6.07, 6.45) is 2.10. The molecule has 0 amide bonds. The highest BCUT2D eigenvalue weighted by molar-refractivity contribution is 6.22. The van der Waals surface area contributed by atoms with Crippen LogP contribution in [0.25, 0.3) is 43.8 Å². The lowest BCUT2D eigenvalue weighted by Gasteiger charge is -2.21. The van der Waals surface area contributed by atoms with Crippen LogP contribution in [0, 0.1) is 27.7 Å². The van der Waals surface area contributed by atoms with Gasteiger partial charge in [-0.15, -0.1) is 0 Å². The van der Waals surface area contributed by atoms with Crippen molar-refractivity contribution in [2.75, 3.05) is 0 Å². The fraction of sp³-hybridized carbons (Fsp3) is 0.235. The number of aryl methyl sites for hydroxylation is 6. The van der Waals surface area contributed by atoms with Crippen LogP contribution in [0.2, 0.25) is 0 Å². The molecule has 34 heavy (non-hydrogen) atoms. The van der Waals surface area contributed by atoms with Crippen LogP contribution in [-0.2, 0) is 12.8 Å². The first-order valence-corrected chi connectivity index (χ1v) is 12.6. The lowest BCUT2D eigenvalue weighted by Crippen LogP contribution is -1.97. The summed E-state index contributed by atoms with van der Waals surface area (Å²) in [5, 5.41) is 5.46. The summed E-state index contributed by atoms with van der Waals surface area (Å²) in [6.45, 7) is 13.4. The second-order valence-corrected chi connectivity index (χ2v) is 9.84. The largest absolute Gasteiger partial charge is 0.0613 e. The molecule has 0 aliphatic rings. The summed E-state index contributed by atoms with van der Waals surface area (Å²) < 4.78 is 0. The minimum Gasteiger partial charge on any atom is -0.0613 e. The van der Waals surface area contributed by atoms with E-state index >= 15 is 0 Å². The Morgan fingerprint density at radius 1 is 0.441 bits per heavy atom. The van der Waals surface area contributed by atoms with Crippen LogP contribution >= 0.6 is 0 Å². The molecule has 0 nitrogen and oxygen atoms in total. The van der Waals surface area contributed by atoms with Gasteiger partial charge in [-0.1, -0.05) is 97.8 Å². The predicted octanol–water partition coefficient (Wildman–Crippen LogP) is 9.69. The molecule has 0 saturated heterocycles. The summed E-state index contributed by atoms with van der Waals surface area (Å²) >= 11 is 0. The van der Waals surface area contributed by atoms with Crippen molar-refractivity contribution >= 4 is 21.5 Å². The molecular formula is C34H34. The van der Waals surface area contributed by atoms with E-state index in [1.165, 1.54) is 77.2 Å². The number of hydrogen-bond acceptors (Lipinski definition) is 0. The van der Waals surface area contributed by atoms with E-state index in [0.29, 0.717) is 0 Å². The van der Waals surface area contributed by atoms with Gasteiger partial charge in [0.05, 0.1) is 0 Å². The monoisotopic (exact) mass is 442 g/mol. The van der Waals surface area contributed by atoms with Gasteiger partial charge < -0.3 is 0 Å². The molecule has 0 aliphatic carbocycles. The molecule has 5 aromatic carbocycles. The van der Waals surface area contributed by atoms with Gasteiger partial charge in [0, 0.05) is 0 Å². The molecule has 0 atom stereocenters. The molecule has 0 N–H and O–H groups in total. The van der Waals surface area contributed by atoms with Crippen molar-refractivity contribution in [3.8, 4) is 22.3 Å². The topological polar surface area (TPSA) is 0 Å². The minimum absolute atomic E-state index is 1.05. The zero-order chi connectivity index (χ0) is 24.0. The molecular weight excluding hydrogens is 408 g/mol. The highest BCUT2D eigenvalue weighted by atomic mass is 14.2. The molecule has 0 aromatic heterocycles. The Labute approximate surface area is 204 Å². The van der Waals surface area contributed by atoms with Gasteiger partial charge in [0.1, 0.15) is 0 Å². The molecule has 0 fully saturated rings. The average molecular weight is 443 g/mol. The Bertz CT molecular complexity index is 1400. The summed E-state index contributed by atoms with van der Waals surface area (Å²) in [7, 11) is 0. The SMILES string of the molecule is CCc1cc2c(cc1C)c(-c1ccc(C)cc1)c(-c1ccc(C)cc1)c1cc(C)c(CC)cc12. The second kappa shape index (κ2) is 8.76. The fourth-order valence-electron chi connectivity index (χ4n) is 5.44. The van der Waals surface area contributed by atoms with E-state index in [1.807, 2.05) is 0 Å². The van der Waals surface area contributed by atoms with E-state index in [2.05, 4.69) is 114 Å². The molecule has 0 heteroatoms. The minimum atomic E-state index is 1.05. The van der Waals surface area contributed by atoms with Crippen molar-refractivity contribution in [1.82, 2.24) is 0 Å². The van der Waals surface area contributed by atoms with Crippen molar-refractivity contribution in [2.45, 2.75) is 54.4 Å². The number of hydrogen-bond donors (Lipinski definition) is 0. The van der Waals surface area contributed by atoms with Gasteiger partial charge >= 0.3 is 0 Å². The highest BCUT2D eigenvalue weighted by Gasteiger charge is 2.19. The van der Waals surface area contributed by atoms with E-state index in [-0.39, 0.29) is 0 Å². The third-order valence-electron chi connectivity index (χ3n) is 7.47. The third kappa shape index (κ3) is 3.72. The van der Waals surface area contributed by atoms with E-state index in [4.69, 9.17) is 0 Å². The maximum Gasteiger partial charge on any atom is -0.00202 e. The Morgan fingerprint density at radius 2 is 0.794 bits per heavy atom. The van der Waals surface area contributed by atoms with Crippen LogP contribution < -0.4 is 0 Å². The van der Waals surface area contributed by atoms with Gasteiger partial charge in [0.2, 0.25) is 0 Å². The van der Waals surface area contributed by atoms with Crippen molar-refractivity contribution < 1.29 is 0 Å². The van der Waals surface area contributed by atoms with Gasteiger partial charge in [-0.2, -0.15) is 0 Å². The lowest BCUT2D eigenvalue weighted by atomic mass is 9.82. The van der Waals surface area contributed by atoms with E-state index in [0.717, 1.165) is 12.8 Å². The Balaban J connectivity index is 2.06. The molecule has 0 heterocycles. The maximum atomic E-state index is 2.46. The van der Waals surface area contributed by atoms with E-state index in [9.17, 15) is 0 Å². The molecule has 0 radical (unpaired) electrons. The third-order valence-corrected chi connectivity index (χ3v) is 7.47. The molecule has 0 unspecified atom stereocenters. The van der Waals surface area contributed by atoms with Crippen molar-refractivity contribution in [1.29, 1.82) is 0 Å². The number of benzene rings is 5. The van der Waals surface area contributed by atoms with Crippen LogP contribution in [0.4, 0.5) is 0 Å². The zero-order valence-corrected chi connectivity index (χ0v) is 21.3. The first-order chi connectivity index (χ1) is 16.4. The van der Waals surface area contributed by atoms with Crippen LogP contribution in [0.3, 0.4) is 0 Å². The Morgan fingerprint density at radius 3 is 1.12 bits per heavy atom. The molecule has 5 aromatic rings. The van der Waals surface area contributed by atoms with Crippen molar-refractivity contribution in [2.24, 2.45) is 0 Å². The molecule has 5 rings (SSSR count). The number of rotatable bonds is 4. The van der Waals surface area contributed by atoms with Crippen LogP contribution in [-0.4, -0.2) is 0 Å². The highest BCUT2D eigenvalue weighted by Crippen LogP contribution is 2.46. The maximum absolute atomic E-state index is 2.46. The number of fused-ring (bicyclic) bond motifs is 3. The smallest absolute Gasteiger partial charge is 0.00202 e. The predicted molar refractivity (Wildman–Crippen MR) is 150 cm³/mol. The van der Waals surface area contributed by atoms with Gasteiger partial charge in [-0.05, 0) is 107 Å². The second-order valence-electron chi connectivity index (χ2n) is 9.84. The van der Waals surface area contributed by atoms with Crippen LogP contribution in [0.1, 0.15) is 47.2 Å². The molecule has 0 aliphatic heterocycles. The van der Waals surface area contributed by atoms with Gasteiger partial charge in [0.25, 0.3) is 0 Å².